The summed E-state index contributed by atoms with van der Waals surface area (Å²) in [5, 5.41) is 0. The average molecular weight is 140 g/mol. The molecule has 0 aliphatic rings. The van der Waals surface area contributed by atoms with Crippen LogP contribution in [0.4, 0.5) is 0 Å². The van der Waals surface area contributed by atoms with Crippen LogP contribution in [0.3, 0.4) is 0 Å². The van der Waals surface area contributed by atoms with Crippen molar-refractivity contribution in [1.29, 1.82) is 0 Å². The fraction of sp³-hybridized carbons (Fsp3) is 0.250. The largest absolute Gasteiger partial charge is 2.00 e. The molecule has 0 amide bonds. The van der Waals surface area contributed by atoms with E-state index in [1.54, 1.807) is 12.5 Å². The molecule has 4 nitrogen and oxygen atoms in total. The molecule has 0 saturated carbocycles. The molecule has 0 radical (unpaired) electrons. The second kappa shape index (κ2) is 7.90. The van der Waals surface area contributed by atoms with Gasteiger partial charge in [-0.05, 0) is 0 Å². The molecule has 9 heavy (non-hydrogen) atoms. The van der Waals surface area contributed by atoms with E-state index >= 15 is 0 Å². The zero-order chi connectivity index (χ0) is 4.41. The number of imidazole rings is 1. The summed E-state index contributed by atoms with van der Waals surface area (Å²) >= 11 is 0. The topological polar surface area (TPSA) is 77.8 Å². The van der Waals surface area contributed by atoms with Crippen LogP contribution in [0.2, 0.25) is 0 Å². The quantitative estimate of drug-likeness (QED) is 0.464. The Morgan fingerprint density at radius 2 is 1.89 bits per heavy atom. The van der Waals surface area contributed by atoms with Crippen molar-refractivity contribution < 1.29 is 11.0 Å². The van der Waals surface area contributed by atoms with Gasteiger partial charge in [0.2, 0.25) is 0 Å². The maximum absolute atomic E-state index is 3.78. The Balaban J connectivity index is -0.000000120. The van der Waals surface area contributed by atoms with Crippen molar-refractivity contribution in [2.45, 2.75) is 0 Å². The standard InChI is InChI=1S/C4H6N2.Mg.2H2O/c1-6-3-2-5-4-6;;;/h2-4H,1H3;;2*1H2/q;+2;;/p-2. The molecule has 1 heterocycles. The fourth-order valence-corrected chi connectivity index (χ4v) is 0.326. The first-order valence-corrected chi connectivity index (χ1v) is 1.81. The van der Waals surface area contributed by atoms with Crippen molar-refractivity contribution in [2.24, 2.45) is 7.05 Å². The second-order valence-electron chi connectivity index (χ2n) is 1.23. The molecule has 0 atom stereocenters. The third-order valence-corrected chi connectivity index (χ3v) is 0.637. The predicted molar refractivity (Wildman–Crippen MR) is 32.8 cm³/mol. The molecule has 2 N–H and O–H groups in total. The van der Waals surface area contributed by atoms with Crippen LogP contribution in [0, 0.1) is 0 Å². The third-order valence-electron chi connectivity index (χ3n) is 0.637. The zero-order valence-corrected chi connectivity index (χ0v) is 6.64. The molecule has 0 aliphatic carbocycles. The van der Waals surface area contributed by atoms with Crippen LogP contribution in [0.5, 0.6) is 0 Å². The molecule has 0 aromatic carbocycles. The second-order valence-corrected chi connectivity index (χ2v) is 1.23. The van der Waals surface area contributed by atoms with Crippen LogP contribution < -0.4 is 0 Å². The number of aromatic nitrogens is 2. The molecule has 0 spiro atoms. The average Bonchev–Trinajstić information content (AvgIpc) is 1.86. The number of nitrogens with zero attached hydrogens (tertiary/aromatic N) is 2. The maximum Gasteiger partial charge on any atom is 2.00 e. The summed E-state index contributed by atoms with van der Waals surface area (Å²) in [6.45, 7) is 0. The van der Waals surface area contributed by atoms with Crippen molar-refractivity contribution >= 4 is 23.1 Å². The minimum absolute atomic E-state index is 0. The van der Waals surface area contributed by atoms with E-state index < -0.39 is 0 Å². The van der Waals surface area contributed by atoms with Crippen LogP contribution in [0.1, 0.15) is 0 Å². The molecule has 0 unspecified atom stereocenters. The smallest absolute Gasteiger partial charge is 0.870 e. The molecule has 5 heteroatoms. The van der Waals surface area contributed by atoms with Gasteiger partial charge in [-0.15, -0.1) is 0 Å². The Morgan fingerprint density at radius 1 is 1.33 bits per heavy atom. The molecule has 0 aliphatic heterocycles. The summed E-state index contributed by atoms with van der Waals surface area (Å²) in [6.07, 6.45) is 5.39. The normalized spacial score (nSPS) is 5.89. The number of hydrogen-bond acceptors (Lipinski definition) is 3. The van der Waals surface area contributed by atoms with Crippen LogP contribution in [0.25, 0.3) is 0 Å². The maximum atomic E-state index is 3.78. The van der Waals surface area contributed by atoms with Gasteiger partial charge in [0.05, 0.1) is 6.33 Å². The van der Waals surface area contributed by atoms with Crippen molar-refractivity contribution in [2.75, 3.05) is 0 Å². The van der Waals surface area contributed by atoms with E-state index in [0.717, 1.165) is 0 Å². The monoisotopic (exact) mass is 140 g/mol. The summed E-state index contributed by atoms with van der Waals surface area (Å²) < 4.78 is 1.89. The van der Waals surface area contributed by atoms with Gasteiger partial charge in [-0.3, -0.25) is 0 Å². The molecule has 0 saturated heterocycles. The summed E-state index contributed by atoms with van der Waals surface area (Å²) in [4.78, 5) is 3.78. The van der Waals surface area contributed by atoms with Crippen LogP contribution >= 0.6 is 0 Å². The minimum atomic E-state index is 0. The van der Waals surface area contributed by atoms with Gasteiger partial charge in [-0.25, -0.2) is 4.98 Å². The Labute approximate surface area is 69.7 Å². The predicted octanol–water partition coefficient (Wildman–Crippen LogP) is -0.314. The minimum Gasteiger partial charge on any atom is -0.870 e. The SMILES string of the molecule is Cn1ccnc1.[Mg+2].[OH-].[OH-]. The fourth-order valence-electron chi connectivity index (χ4n) is 0.326. The van der Waals surface area contributed by atoms with Crippen molar-refractivity contribution in [3.63, 3.8) is 0 Å². The van der Waals surface area contributed by atoms with Crippen LogP contribution in [-0.2, 0) is 7.05 Å². The molecule has 1 aromatic rings. The van der Waals surface area contributed by atoms with E-state index in [2.05, 4.69) is 4.98 Å². The first-order valence-electron chi connectivity index (χ1n) is 1.81. The molecule has 48 valence electrons. The van der Waals surface area contributed by atoms with E-state index in [4.69, 9.17) is 0 Å². The Bertz CT molecular complexity index is 120. The Hall–Kier alpha value is -0.104. The van der Waals surface area contributed by atoms with E-state index in [1.165, 1.54) is 0 Å². The van der Waals surface area contributed by atoms with Crippen LogP contribution in [-0.4, -0.2) is 43.6 Å². The number of rotatable bonds is 0. The van der Waals surface area contributed by atoms with Crippen molar-refractivity contribution in [1.82, 2.24) is 9.55 Å². The number of aryl methyl sites for hydroxylation is 1. The van der Waals surface area contributed by atoms with Gasteiger partial charge >= 0.3 is 23.1 Å². The first-order chi connectivity index (χ1) is 2.89. The Kier molecular flexibility index (Phi) is 14.0. The third kappa shape index (κ3) is 5.77. The van der Waals surface area contributed by atoms with Gasteiger partial charge in [-0.1, -0.05) is 0 Å². The van der Waals surface area contributed by atoms with E-state index in [-0.39, 0.29) is 34.0 Å². The first kappa shape index (κ1) is 16.0. The van der Waals surface area contributed by atoms with Gasteiger partial charge < -0.3 is 15.5 Å². The summed E-state index contributed by atoms with van der Waals surface area (Å²) in [5.41, 5.74) is 0. The van der Waals surface area contributed by atoms with Gasteiger partial charge in [0.1, 0.15) is 0 Å². The van der Waals surface area contributed by atoms with E-state index in [1.807, 2.05) is 17.8 Å². The summed E-state index contributed by atoms with van der Waals surface area (Å²) in [6, 6.07) is 0. The van der Waals surface area contributed by atoms with Gasteiger partial charge in [-0.2, -0.15) is 0 Å². The van der Waals surface area contributed by atoms with Crippen LogP contribution in [0.15, 0.2) is 18.7 Å². The Morgan fingerprint density at radius 3 is 2.00 bits per heavy atom. The van der Waals surface area contributed by atoms with Crippen molar-refractivity contribution in [3.05, 3.63) is 18.7 Å². The molecule has 1 aromatic heterocycles. The summed E-state index contributed by atoms with van der Waals surface area (Å²) in [5.74, 6) is 0. The van der Waals surface area contributed by atoms with Gasteiger partial charge in [0, 0.05) is 19.4 Å². The molecule has 0 fully saturated rings. The van der Waals surface area contributed by atoms with Gasteiger partial charge in [0.15, 0.2) is 0 Å². The van der Waals surface area contributed by atoms with E-state index in [9.17, 15) is 0 Å². The van der Waals surface area contributed by atoms with Crippen molar-refractivity contribution in [3.8, 4) is 0 Å². The van der Waals surface area contributed by atoms with E-state index in [0.29, 0.717) is 0 Å². The summed E-state index contributed by atoms with van der Waals surface area (Å²) in [7, 11) is 1.94. The molecular formula is C4H8MgN2O2. The zero-order valence-electron chi connectivity index (χ0n) is 5.23. The van der Waals surface area contributed by atoms with Gasteiger partial charge in [0.25, 0.3) is 0 Å². The molecule has 0 bridgehead atoms. The molecular weight excluding hydrogens is 132 g/mol. The number of hydrogen-bond donors (Lipinski definition) is 0. The molecule has 1 rings (SSSR count).